The molecular weight excluding hydrogens is 254 g/mol. The van der Waals surface area contributed by atoms with Crippen LogP contribution in [0.2, 0.25) is 0 Å². The lowest BCUT2D eigenvalue weighted by Gasteiger charge is -2.17. The van der Waals surface area contributed by atoms with Gasteiger partial charge in [0.1, 0.15) is 5.65 Å². The van der Waals surface area contributed by atoms with E-state index in [1.165, 1.54) is 12.8 Å². The molecule has 0 spiro atoms. The number of anilines is 1. The van der Waals surface area contributed by atoms with Gasteiger partial charge in [-0.05, 0) is 38.8 Å². The van der Waals surface area contributed by atoms with E-state index in [0.29, 0.717) is 18.0 Å². The number of esters is 1. The Labute approximate surface area is 118 Å². The molecule has 2 aromatic rings. The fourth-order valence-corrected chi connectivity index (χ4v) is 2.76. The number of pyridine rings is 1. The van der Waals surface area contributed by atoms with Gasteiger partial charge in [0.15, 0.2) is 5.69 Å². The normalized spacial score (nSPS) is 15.0. The van der Waals surface area contributed by atoms with Crippen LogP contribution in [0.1, 0.15) is 35.9 Å². The fourth-order valence-electron chi connectivity index (χ4n) is 2.76. The maximum Gasteiger partial charge on any atom is 0.357 e. The van der Waals surface area contributed by atoms with Gasteiger partial charge in [0.2, 0.25) is 0 Å². The van der Waals surface area contributed by atoms with Crippen molar-refractivity contribution >= 4 is 17.3 Å². The van der Waals surface area contributed by atoms with Crippen LogP contribution in [0.3, 0.4) is 0 Å². The number of aromatic nitrogens is 2. The Morgan fingerprint density at radius 1 is 1.35 bits per heavy atom. The molecule has 0 atom stereocenters. The number of nitrogens with zero attached hydrogens (tertiary/aromatic N) is 3. The Morgan fingerprint density at radius 3 is 2.80 bits per heavy atom. The van der Waals surface area contributed by atoms with Crippen LogP contribution in [0.5, 0.6) is 0 Å². The second kappa shape index (κ2) is 5.15. The third-order valence-electron chi connectivity index (χ3n) is 3.72. The SMILES string of the molecule is CCOC(=O)c1c(C)nc2ccc(N3CCCC3)cn12. The zero-order valence-electron chi connectivity index (χ0n) is 11.9. The van der Waals surface area contributed by atoms with Gasteiger partial charge in [-0.3, -0.25) is 4.40 Å². The van der Waals surface area contributed by atoms with E-state index in [-0.39, 0.29) is 5.97 Å². The van der Waals surface area contributed by atoms with E-state index in [2.05, 4.69) is 16.0 Å². The van der Waals surface area contributed by atoms with Gasteiger partial charge in [-0.1, -0.05) is 0 Å². The van der Waals surface area contributed by atoms with Crippen LogP contribution in [0.4, 0.5) is 5.69 Å². The molecule has 20 heavy (non-hydrogen) atoms. The zero-order chi connectivity index (χ0) is 14.1. The average Bonchev–Trinajstić information content (AvgIpc) is 3.04. The smallest absolute Gasteiger partial charge is 0.357 e. The van der Waals surface area contributed by atoms with Gasteiger partial charge in [-0.25, -0.2) is 9.78 Å². The number of hydrogen-bond acceptors (Lipinski definition) is 4. The van der Waals surface area contributed by atoms with Crippen LogP contribution in [-0.2, 0) is 4.74 Å². The highest BCUT2D eigenvalue weighted by Crippen LogP contribution is 2.22. The maximum absolute atomic E-state index is 12.1. The van der Waals surface area contributed by atoms with E-state index < -0.39 is 0 Å². The quantitative estimate of drug-likeness (QED) is 0.806. The van der Waals surface area contributed by atoms with Gasteiger partial charge in [-0.15, -0.1) is 0 Å². The van der Waals surface area contributed by atoms with E-state index in [4.69, 9.17) is 4.74 Å². The summed E-state index contributed by atoms with van der Waals surface area (Å²) in [6.45, 7) is 6.18. The van der Waals surface area contributed by atoms with Gasteiger partial charge in [0.25, 0.3) is 0 Å². The van der Waals surface area contributed by atoms with Crippen LogP contribution >= 0.6 is 0 Å². The third kappa shape index (κ3) is 2.13. The van der Waals surface area contributed by atoms with Crippen LogP contribution in [0.25, 0.3) is 5.65 Å². The first kappa shape index (κ1) is 13.0. The third-order valence-corrected chi connectivity index (χ3v) is 3.72. The summed E-state index contributed by atoms with van der Waals surface area (Å²) in [5.41, 5.74) is 3.16. The minimum Gasteiger partial charge on any atom is -0.461 e. The topological polar surface area (TPSA) is 46.8 Å². The number of carbonyl (C=O) groups excluding carboxylic acids is 1. The maximum atomic E-state index is 12.1. The molecule has 3 rings (SSSR count). The molecule has 0 unspecified atom stereocenters. The minimum atomic E-state index is -0.309. The minimum absolute atomic E-state index is 0.309. The molecule has 1 aliphatic heterocycles. The van der Waals surface area contributed by atoms with Crippen molar-refractivity contribution in [3.05, 3.63) is 29.7 Å². The summed E-state index contributed by atoms with van der Waals surface area (Å²) in [4.78, 5) is 18.8. The Bertz CT molecular complexity index is 642. The number of aryl methyl sites for hydroxylation is 1. The molecule has 106 valence electrons. The summed E-state index contributed by atoms with van der Waals surface area (Å²) in [7, 11) is 0. The summed E-state index contributed by atoms with van der Waals surface area (Å²) in [5.74, 6) is -0.309. The highest BCUT2D eigenvalue weighted by molar-refractivity contribution is 5.90. The largest absolute Gasteiger partial charge is 0.461 e. The van der Waals surface area contributed by atoms with E-state index >= 15 is 0 Å². The first-order chi connectivity index (χ1) is 9.70. The molecule has 0 amide bonds. The van der Waals surface area contributed by atoms with Gasteiger partial charge in [0.05, 0.1) is 18.0 Å². The molecule has 5 nitrogen and oxygen atoms in total. The molecule has 1 aliphatic rings. The summed E-state index contributed by atoms with van der Waals surface area (Å²) in [5, 5.41) is 0. The first-order valence-corrected chi connectivity index (χ1v) is 7.11. The van der Waals surface area contributed by atoms with Gasteiger partial charge >= 0.3 is 5.97 Å². The van der Waals surface area contributed by atoms with Crippen molar-refractivity contribution in [2.45, 2.75) is 26.7 Å². The molecule has 0 aliphatic carbocycles. The van der Waals surface area contributed by atoms with Gasteiger partial charge in [-0.2, -0.15) is 0 Å². The van der Waals surface area contributed by atoms with Crippen LogP contribution < -0.4 is 4.90 Å². The summed E-state index contributed by atoms with van der Waals surface area (Å²) < 4.78 is 6.98. The monoisotopic (exact) mass is 273 g/mol. The molecule has 0 saturated carbocycles. The van der Waals surface area contributed by atoms with Crippen molar-refractivity contribution in [2.75, 3.05) is 24.6 Å². The second-order valence-corrected chi connectivity index (χ2v) is 5.08. The van der Waals surface area contributed by atoms with E-state index in [0.717, 1.165) is 24.4 Å². The predicted octanol–water partition coefficient (Wildman–Crippen LogP) is 2.42. The Kier molecular flexibility index (Phi) is 3.34. The number of ether oxygens (including phenoxy) is 1. The number of fused-ring (bicyclic) bond motifs is 1. The van der Waals surface area contributed by atoms with Crippen molar-refractivity contribution < 1.29 is 9.53 Å². The van der Waals surface area contributed by atoms with Gasteiger partial charge in [0, 0.05) is 19.3 Å². The number of rotatable bonds is 3. The van der Waals surface area contributed by atoms with Crippen molar-refractivity contribution in [2.24, 2.45) is 0 Å². The molecule has 0 aromatic carbocycles. The first-order valence-electron chi connectivity index (χ1n) is 7.11. The lowest BCUT2D eigenvalue weighted by Crippen LogP contribution is -2.18. The Morgan fingerprint density at radius 2 is 2.10 bits per heavy atom. The molecular formula is C15H19N3O2. The fraction of sp³-hybridized carbons (Fsp3) is 0.467. The lowest BCUT2D eigenvalue weighted by molar-refractivity contribution is 0.0517. The van der Waals surface area contributed by atoms with Crippen LogP contribution in [0, 0.1) is 6.92 Å². The van der Waals surface area contributed by atoms with E-state index in [9.17, 15) is 4.79 Å². The lowest BCUT2D eigenvalue weighted by atomic mass is 10.3. The molecule has 0 bridgehead atoms. The molecule has 1 saturated heterocycles. The van der Waals surface area contributed by atoms with E-state index in [1.807, 2.05) is 30.5 Å². The van der Waals surface area contributed by atoms with Gasteiger partial charge < -0.3 is 9.64 Å². The molecule has 3 heterocycles. The van der Waals surface area contributed by atoms with Crippen molar-refractivity contribution in [3.8, 4) is 0 Å². The van der Waals surface area contributed by atoms with Crippen LogP contribution in [0.15, 0.2) is 18.3 Å². The standard InChI is InChI=1S/C15H19N3O2/c1-3-20-15(19)14-11(2)16-13-7-6-12(10-18(13)14)17-8-4-5-9-17/h6-7,10H,3-5,8-9H2,1-2H3. The molecule has 0 N–H and O–H groups in total. The van der Waals surface area contributed by atoms with Crippen molar-refractivity contribution in [1.29, 1.82) is 0 Å². The molecule has 1 fully saturated rings. The molecule has 0 radical (unpaired) electrons. The van der Waals surface area contributed by atoms with E-state index in [1.54, 1.807) is 0 Å². The predicted molar refractivity (Wildman–Crippen MR) is 77.3 cm³/mol. The zero-order valence-corrected chi connectivity index (χ0v) is 11.9. The highest BCUT2D eigenvalue weighted by Gasteiger charge is 2.19. The van der Waals surface area contributed by atoms with Crippen molar-refractivity contribution in [3.63, 3.8) is 0 Å². The summed E-state index contributed by atoms with van der Waals surface area (Å²) >= 11 is 0. The Balaban J connectivity index is 2.06. The molecule has 2 aromatic heterocycles. The molecule has 5 heteroatoms. The van der Waals surface area contributed by atoms with Crippen LogP contribution in [-0.4, -0.2) is 35.1 Å². The summed E-state index contributed by atoms with van der Waals surface area (Å²) in [6.07, 6.45) is 4.45. The number of carbonyl (C=O) groups is 1. The van der Waals surface area contributed by atoms with Crippen molar-refractivity contribution in [1.82, 2.24) is 9.38 Å². The summed E-state index contributed by atoms with van der Waals surface area (Å²) in [6, 6.07) is 4.03. The average molecular weight is 273 g/mol. The number of hydrogen-bond donors (Lipinski definition) is 0. The number of imidazole rings is 1. The highest BCUT2D eigenvalue weighted by atomic mass is 16.5. The second-order valence-electron chi connectivity index (χ2n) is 5.08. The Hall–Kier alpha value is -2.04.